The minimum absolute atomic E-state index is 0.260. The third-order valence-electron chi connectivity index (χ3n) is 4.44. The number of aliphatic carboxylic acids is 1. The van der Waals surface area contributed by atoms with Gasteiger partial charge in [-0.25, -0.2) is 4.79 Å². The van der Waals surface area contributed by atoms with Crippen LogP contribution in [0.25, 0.3) is 0 Å². The average Bonchev–Trinajstić information content (AvgIpc) is 2.93. The van der Waals surface area contributed by atoms with Crippen molar-refractivity contribution >= 4 is 23.3 Å². The predicted molar refractivity (Wildman–Crippen MR) is 70.9 cm³/mol. The topological polar surface area (TPSA) is 49.3 Å². The monoisotopic (exact) mass is 265 g/mol. The molecule has 0 amide bonds. The van der Waals surface area contributed by atoms with E-state index in [1.807, 2.05) is 12.1 Å². The Morgan fingerprint density at radius 1 is 1.33 bits per heavy atom. The van der Waals surface area contributed by atoms with Crippen molar-refractivity contribution in [1.82, 2.24) is 0 Å². The van der Waals surface area contributed by atoms with Crippen LogP contribution in [0, 0.1) is 11.8 Å². The van der Waals surface area contributed by atoms with Gasteiger partial charge < -0.3 is 10.4 Å². The van der Waals surface area contributed by atoms with Crippen LogP contribution in [0.15, 0.2) is 24.3 Å². The number of hydrogen-bond acceptors (Lipinski definition) is 2. The van der Waals surface area contributed by atoms with Gasteiger partial charge in [-0.05, 0) is 61.8 Å². The van der Waals surface area contributed by atoms with Gasteiger partial charge in [0.25, 0.3) is 0 Å². The number of carbonyl (C=O) groups is 1. The van der Waals surface area contributed by atoms with Crippen LogP contribution in [0.2, 0.25) is 5.02 Å². The molecule has 2 fully saturated rings. The lowest BCUT2D eigenvalue weighted by molar-refractivity contribution is -0.144. The summed E-state index contributed by atoms with van der Waals surface area (Å²) in [6.45, 7) is 0. The third-order valence-corrected chi connectivity index (χ3v) is 4.69. The first-order valence-electron chi connectivity index (χ1n) is 6.37. The van der Waals surface area contributed by atoms with E-state index in [-0.39, 0.29) is 5.92 Å². The number of fused-ring (bicyclic) bond motifs is 2. The number of carboxylic acid groups (broad SMARTS) is 1. The molecule has 3 nitrogen and oxygen atoms in total. The summed E-state index contributed by atoms with van der Waals surface area (Å²) in [5.41, 5.74) is 0.0749. The van der Waals surface area contributed by atoms with Crippen molar-refractivity contribution in [3.63, 3.8) is 0 Å². The van der Waals surface area contributed by atoms with E-state index in [0.29, 0.717) is 10.9 Å². The number of hydrogen-bond donors (Lipinski definition) is 2. The summed E-state index contributed by atoms with van der Waals surface area (Å²) in [5.74, 6) is 0.117. The molecule has 0 heterocycles. The van der Waals surface area contributed by atoms with Gasteiger partial charge in [-0.2, -0.15) is 0 Å². The second-order valence-electron chi connectivity index (χ2n) is 5.49. The molecule has 1 aromatic rings. The zero-order valence-electron chi connectivity index (χ0n) is 10.0. The summed E-state index contributed by atoms with van der Waals surface area (Å²) in [6, 6.07) is 7.26. The Morgan fingerprint density at radius 3 is 2.56 bits per heavy atom. The maximum Gasteiger partial charge on any atom is 0.329 e. The Morgan fingerprint density at radius 2 is 2.06 bits per heavy atom. The molecule has 2 bridgehead atoms. The van der Waals surface area contributed by atoms with Crippen molar-refractivity contribution < 1.29 is 9.90 Å². The standard InChI is InChI=1S/C14H16ClNO2/c15-11-3-5-12(6-4-11)16-14(13(17)18)8-9-1-2-10(14)7-9/h3-6,9-10,16H,1-2,7-8H2,(H,17,18). The van der Waals surface area contributed by atoms with Crippen LogP contribution in [-0.4, -0.2) is 16.6 Å². The molecule has 3 atom stereocenters. The van der Waals surface area contributed by atoms with Crippen LogP contribution in [0.4, 0.5) is 5.69 Å². The highest BCUT2D eigenvalue weighted by atomic mass is 35.5. The lowest BCUT2D eigenvalue weighted by atomic mass is 9.80. The Balaban J connectivity index is 1.88. The number of halogens is 1. The van der Waals surface area contributed by atoms with Crippen LogP contribution >= 0.6 is 11.6 Å². The molecule has 0 aliphatic heterocycles. The zero-order valence-corrected chi connectivity index (χ0v) is 10.8. The van der Waals surface area contributed by atoms with Gasteiger partial charge >= 0.3 is 5.97 Å². The molecule has 0 saturated heterocycles. The number of carboxylic acids is 1. The van der Waals surface area contributed by atoms with Gasteiger partial charge in [0.05, 0.1) is 0 Å². The van der Waals surface area contributed by atoms with Crippen LogP contribution in [0.3, 0.4) is 0 Å². The van der Waals surface area contributed by atoms with Crippen molar-refractivity contribution in [2.24, 2.45) is 11.8 Å². The largest absolute Gasteiger partial charge is 0.479 e. The van der Waals surface area contributed by atoms with Gasteiger partial charge in [0.2, 0.25) is 0 Å². The smallest absolute Gasteiger partial charge is 0.329 e. The Bertz CT molecular complexity index is 473. The fourth-order valence-corrected chi connectivity index (χ4v) is 3.72. The molecular formula is C14H16ClNO2. The highest BCUT2D eigenvalue weighted by Crippen LogP contribution is 2.52. The summed E-state index contributed by atoms with van der Waals surface area (Å²) in [4.78, 5) is 11.7. The van der Waals surface area contributed by atoms with E-state index < -0.39 is 11.5 Å². The second kappa shape index (κ2) is 4.16. The van der Waals surface area contributed by atoms with E-state index in [4.69, 9.17) is 11.6 Å². The van der Waals surface area contributed by atoms with Crippen LogP contribution in [0.1, 0.15) is 25.7 Å². The lowest BCUT2D eigenvalue weighted by Crippen LogP contribution is -2.50. The number of nitrogens with one attached hydrogen (secondary N) is 1. The second-order valence-corrected chi connectivity index (χ2v) is 5.92. The van der Waals surface area contributed by atoms with Gasteiger partial charge in [0.15, 0.2) is 0 Å². The van der Waals surface area contributed by atoms with E-state index in [2.05, 4.69) is 5.32 Å². The highest BCUT2D eigenvalue weighted by molar-refractivity contribution is 6.30. The van der Waals surface area contributed by atoms with Crippen molar-refractivity contribution in [2.75, 3.05) is 5.32 Å². The fraction of sp³-hybridized carbons (Fsp3) is 0.500. The van der Waals surface area contributed by atoms with Gasteiger partial charge in [0.1, 0.15) is 5.54 Å². The molecule has 0 aromatic heterocycles. The summed E-state index contributed by atoms with van der Waals surface area (Å²) in [7, 11) is 0. The van der Waals surface area contributed by atoms with Crippen molar-refractivity contribution in [1.29, 1.82) is 0 Å². The molecule has 3 rings (SSSR count). The molecule has 0 radical (unpaired) electrons. The van der Waals surface area contributed by atoms with Gasteiger partial charge in [-0.1, -0.05) is 11.6 Å². The Hall–Kier alpha value is -1.22. The number of benzene rings is 1. The van der Waals surface area contributed by atoms with Crippen LogP contribution in [0.5, 0.6) is 0 Å². The Labute approximate surface area is 111 Å². The summed E-state index contributed by atoms with van der Waals surface area (Å²) in [5, 5.41) is 13.5. The molecule has 3 unspecified atom stereocenters. The molecule has 2 aliphatic rings. The zero-order chi connectivity index (χ0) is 12.8. The first-order chi connectivity index (χ1) is 8.60. The van der Waals surface area contributed by atoms with E-state index in [9.17, 15) is 9.90 Å². The number of anilines is 1. The van der Waals surface area contributed by atoms with Gasteiger partial charge in [0, 0.05) is 10.7 Å². The summed E-state index contributed by atoms with van der Waals surface area (Å²) >= 11 is 5.84. The molecule has 18 heavy (non-hydrogen) atoms. The SMILES string of the molecule is O=C(O)C1(Nc2ccc(Cl)cc2)CC2CCC1C2. The summed E-state index contributed by atoms with van der Waals surface area (Å²) in [6.07, 6.45) is 4.00. The van der Waals surface area contributed by atoms with Crippen LogP contribution < -0.4 is 5.32 Å². The van der Waals surface area contributed by atoms with Crippen molar-refractivity contribution in [3.05, 3.63) is 29.3 Å². The van der Waals surface area contributed by atoms with E-state index in [1.54, 1.807) is 12.1 Å². The molecule has 1 aromatic carbocycles. The third kappa shape index (κ3) is 1.77. The fourth-order valence-electron chi connectivity index (χ4n) is 3.59. The summed E-state index contributed by atoms with van der Waals surface area (Å²) < 4.78 is 0. The predicted octanol–water partition coefficient (Wildman–Crippen LogP) is 3.40. The van der Waals surface area contributed by atoms with Crippen molar-refractivity contribution in [3.8, 4) is 0 Å². The van der Waals surface area contributed by atoms with Gasteiger partial charge in [-0.3, -0.25) is 0 Å². The van der Waals surface area contributed by atoms with Crippen molar-refractivity contribution in [2.45, 2.75) is 31.2 Å². The average molecular weight is 266 g/mol. The molecule has 2 aliphatic carbocycles. The first-order valence-corrected chi connectivity index (χ1v) is 6.75. The van der Waals surface area contributed by atoms with E-state index in [0.717, 1.165) is 24.9 Å². The molecule has 4 heteroatoms. The molecular weight excluding hydrogens is 250 g/mol. The molecule has 0 spiro atoms. The highest BCUT2D eigenvalue weighted by Gasteiger charge is 2.56. The minimum Gasteiger partial charge on any atom is -0.479 e. The first kappa shape index (κ1) is 11.8. The molecule has 2 saturated carbocycles. The van der Waals surface area contributed by atoms with E-state index >= 15 is 0 Å². The lowest BCUT2D eigenvalue weighted by Gasteiger charge is -2.35. The van der Waals surface area contributed by atoms with E-state index in [1.165, 1.54) is 6.42 Å². The van der Waals surface area contributed by atoms with Crippen LogP contribution in [-0.2, 0) is 4.79 Å². The minimum atomic E-state index is -0.767. The maximum absolute atomic E-state index is 11.7. The normalized spacial score (nSPS) is 33.6. The molecule has 2 N–H and O–H groups in total. The number of rotatable bonds is 3. The van der Waals surface area contributed by atoms with Gasteiger partial charge in [-0.15, -0.1) is 0 Å². The maximum atomic E-state index is 11.7. The molecule has 96 valence electrons. The quantitative estimate of drug-likeness (QED) is 0.881. The Kier molecular flexibility index (Phi) is 2.74.